The van der Waals surface area contributed by atoms with Gasteiger partial charge in [-0.15, -0.1) is 11.8 Å². The predicted molar refractivity (Wildman–Crippen MR) is 79.3 cm³/mol. The highest BCUT2D eigenvalue weighted by Crippen LogP contribution is 2.42. The zero-order chi connectivity index (χ0) is 15.6. The number of benzene rings is 1. The summed E-state index contributed by atoms with van der Waals surface area (Å²) in [5.41, 5.74) is 0.752. The van der Waals surface area contributed by atoms with E-state index in [1.165, 1.54) is 28.8 Å². The van der Waals surface area contributed by atoms with Crippen LogP contribution in [0.15, 0.2) is 24.3 Å². The molecule has 1 N–H and O–H groups in total. The third-order valence-corrected chi connectivity index (χ3v) is 4.63. The van der Waals surface area contributed by atoms with E-state index in [4.69, 9.17) is 0 Å². The van der Waals surface area contributed by atoms with E-state index in [1.54, 1.807) is 12.1 Å². The van der Waals surface area contributed by atoms with Crippen molar-refractivity contribution in [1.82, 2.24) is 4.90 Å². The number of carboxylic acid groups (broad SMARTS) is 1. The molecule has 1 fully saturated rings. The van der Waals surface area contributed by atoms with Crippen LogP contribution in [0.3, 0.4) is 0 Å². The monoisotopic (exact) mass is 311 g/mol. The molecule has 1 aromatic rings. The van der Waals surface area contributed by atoms with Crippen molar-refractivity contribution in [2.75, 3.05) is 5.75 Å². The summed E-state index contributed by atoms with van der Waals surface area (Å²) >= 11 is 1.40. The maximum atomic E-state index is 13.0. The second kappa shape index (κ2) is 6.47. The molecule has 114 valence electrons. The molecule has 1 saturated heterocycles. The lowest BCUT2D eigenvalue weighted by atomic mass is 10.1. The SMILES string of the molecule is CC(C)CC(=O)N1C(C(=O)O)CSC1c1ccc(F)cc1. The first-order chi connectivity index (χ1) is 9.90. The van der Waals surface area contributed by atoms with Crippen LogP contribution in [-0.2, 0) is 9.59 Å². The molecule has 1 amide bonds. The highest BCUT2D eigenvalue weighted by Gasteiger charge is 2.42. The molecule has 1 aliphatic rings. The summed E-state index contributed by atoms with van der Waals surface area (Å²) in [6.45, 7) is 3.84. The van der Waals surface area contributed by atoms with Crippen LogP contribution in [0.25, 0.3) is 0 Å². The molecule has 0 spiro atoms. The molecule has 6 heteroatoms. The fraction of sp³-hybridized carbons (Fsp3) is 0.467. The Hall–Kier alpha value is -1.56. The maximum absolute atomic E-state index is 13.0. The minimum absolute atomic E-state index is 0.159. The van der Waals surface area contributed by atoms with Gasteiger partial charge in [0.25, 0.3) is 0 Å². The van der Waals surface area contributed by atoms with Gasteiger partial charge in [-0.05, 0) is 23.6 Å². The van der Waals surface area contributed by atoms with Gasteiger partial charge in [0.1, 0.15) is 17.2 Å². The minimum Gasteiger partial charge on any atom is -0.480 e. The van der Waals surface area contributed by atoms with Gasteiger partial charge in [0.2, 0.25) is 5.91 Å². The standard InChI is InChI=1S/C15H18FNO3S/c1-9(2)7-13(18)17-12(15(19)20)8-21-14(17)10-3-5-11(16)6-4-10/h3-6,9,12,14H,7-8H2,1-2H3,(H,19,20). The molecule has 0 bridgehead atoms. The van der Waals surface area contributed by atoms with Gasteiger partial charge in [0, 0.05) is 12.2 Å². The van der Waals surface area contributed by atoms with Crippen LogP contribution in [0.2, 0.25) is 0 Å². The topological polar surface area (TPSA) is 57.6 Å². The van der Waals surface area contributed by atoms with E-state index in [-0.39, 0.29) is 23.0 Å². The van der Waals surface area contributed by atoms with Gasteiger partial charge in [-0.25, -0.2) is 9.18 Å². The Morgan fingerprint density at radius 2 is 2.00 bits per heavy atom. The lowest BCUT2D eigenvalue weighted by Crippen LogP contribution is -2.43. The zero-order valence-corrected chi connectivity index (χ0v) is 12.8. The molecule has 1 aliphatic heterocycles. The van der Waals surface area contributed by atoms with Crippen LogP contribution in [0, 0.1) is 11.7 Å². The Bertz CT molecular complexity index is 532. The van der Waals surface area contributed by atoms with E-state index < -0.39 is 12.0 Å². The molecule has 0 saturated carbocycles. The first-order valence-electron chi connectivity index (χ1n) is 6.81. The van der Waals surface area contributed by atoms with Crippen molar-refractivity contribution in [3.8, 4) is 0 Å². The lowest BCUT2D eigenvalue weighted by molar-refractivity contribution is -0.149. The molecule has 0 aliphatic carbocycles. The Morgan fingerprint density at radius 1 is 1.38 bits per heavy atom. The van der Waals surface area contributed by atoms with Gasteiger partial charge in [-0.3, -0.25) is 4.79 Å². The van der Waals surface area contributed by atoms with E-state index in [2.05, 4.69) is 0 Å². The van der Waals surface area contributed by atoms with Crippen LogP contribution in [0.1, 0.15) is 31.2 Å². The van der Waals surface area contributed by atoms with Gasteiger partial charge in [-0.2, -0.15) is 0 Å². The quantitative estimate of drug-likeness (QED) is 0.929. The van der Waals surface area contributed by atoms with Crippen molar-refractivity contribution in [1.29, 1.82) is 0 Å². The smallest absolute Gasteiger partial charge is 0.327 e. The minimum atomic E-state index is -0.996. The molecular formula is C15H18FNO3S. The molecule has 1 heterocycles. The van der Waals surface area contributed by atoms with Crippen molar-refractivity contribution in [3.05, 3.63) is 35.6 Å². The number of hydrogen-bond donors (Lipinski definition) is 1. The van der Waals surface area contributed by atoms with Crippen molar-refractivity contribution in [2.24, 2.45) is 5.92 Å². The number of aliphatic carboxylic acids is 1. The Labute approximate surface area is 127 Å². The van der Waals surface area contributed by atoms with E-state index in [0.29, 0.717) is 12.2 Å². The summed E-state index contributed by atoms with van der Waals surface area (Å²) in [6.07, 6.45) is 0.308. The lowest BCUT2D eigenvalue weighted by Gasteiger charge is -2.28. The predicted octanol–water partition coefficient (Wildman–Crippen LogP) is 2.90. The average molecular weight is 311 g/mol. The van der Waals surface area contributed by atoms with Crippen LogP contribution in [0.5, 0.6) is 0 Å². The molecule has 2 atom stereocenters. The van der Waals surface area contributed by atoms with Crippen LogP contribution >= 0.6 is 11.8 Å². The summed E-state index contributed by atoms with van der Waals surface area (Å²) < 4.78 is 13.0. The van der Waals surface area contributed by atoms with E-state index >= 15 is 0 Å². The third-order valence-electron chi connectivity index (χ3n) is 3.31. The zero-order valence-electron chi connectivity index (χ0n) is 12.0. The number of rotatable bonds is 4. The fourth-order valence-corrected chi connectivity index (χ4v) is 3.78. The van der Waals surface area contributed by atoms with Crippen molar-refractivity contribution in [3.63, 3.8) is 0 Å². The van der Waals surface area contributed by atoms with Crippen molar-refractivity contribution >= 4 is 23.6 Å². The van der Waals surface area contributed by atoms with Crippen molar-refractivity contribution in [2.45, 2.75) is 31.7 Å². The first-order valence-corrected chi connectivity index (χ1v) is 7.86. The maximum Gasteiger partial charge on any atom is 0.327 e. The van der Waals surface area contributed by atoms with Gasteiger partial charge in [-0.1, -0.05) is 26.0 Å². The number of carboxylic acids is 1. The molecular weight excluding hydrogens is 293 g/mol. The Kier molecular flexibility index (Phi) is 4.88. The number of carbonyl (C=O) groups is 2. The molecule has 2 unspecified atom stereocenters. The molecule has 0 aromatic heterocycles. The molecule has 0 radical (unpaired) electrons. The number of carbonyl (C=O) groups excluding carboxylic acids is 1. The number of nitrogens with zero attached hydrogens (tertiary/aromatic N) is 1. The normalized spacial score (nSPS) is 21.8. The first kappa shape index (κ1) is 15.8. The second-order valence-corrected chi connectivity index (χ2v) is 6.60. The van der Waals surface area contributed by atoms with Gasteiger partial charge in [0.05, 0.1) is 0 Å². The number of thioether (sulfide) groups is 1. The van der Waals surface area contributed by atoms with Crippen molar-refractivity contribution < 1.29 is 19.1 Å². The Balaban J connectivity index is 2.28. The highest BCUT2D eigenvalue weighted by atomic mass is 32.2. The van der Waals surface area contributed by atoms with E-state index in [1.807, 2.05) is 13.8 Å². The largest absolute Gasteiger partial charge is 0.480 e. The number of hydrogen-bond acceptors (Lipinski definition) is 3. The second-order valence-electron chi connectivity index (χ2n) is 5.49. The van der Waals surface area contributed by atoms with Gasteiger partial charge >= 0.3 is 5.97 Å². The molecule has 4 nitrogen and oxygen atoms in total. The summed E-state index contributed by atoms with van der Waals surface area (Å²) in [7, 11) is 0. The molecule has 1 aromatic carbocycles. The fourth-order valence-electron chi connectivity index (χ4n) is 2.34. The van der Waals surface area contributed by atoms with E-state index in [0.717, 1.165) is 5.56 Å². The van der Waals surface area contributed by atoms with Crippen LogP contribution < -0.4 is 0 Å². The molecule has 21 heavy (non-hydrogen) atoms. The number of amides is 1. The summed E-state index contributed by atoms with van der Waals surface area (Å²) in [4.78, 5) is 25.2. The molecule has 2 rings (SSSR count). The third kappa shape index (κ3) is 3.56. The number of halogens is 1. The van der Waals surface area contributed by atoms with Gasteiger partial charge < -0.3 is 10.0 Å². The van der Waals surface area contributed by atoms with E-state index in [9.17, 15) is 19.1 Å². The van der Waals surface area contributed by atoms with Crippen LogP contribution in [0.4, 0.5) is 4.39 Å². The summed E-state index contributed by atoms with van der Waals surface area (Å²) in [5, 5.41) is 8.95. The highest BCUT2D eigenvalue weighted by molar-refractivity contribution is 7.99. The average Bonchev–Trinajstić information content (AvgIpc) is 2.83. The summed E-state index contributed by atoms with van der Waals surface area (Å²) in [6, 6.07) is 5.04. The van der Waals surface area contributed by atoms with Crippen LogP contribution in [-0.4, -0.2) is 33.7 Å². The summed E-state index contributed by atoms with van der Waals surface area (Å²) in [5.74, 6) is -1.01. The van der Waals surface area contributed by atoms with Gasteiger partial charge in [0.15, 0.2) is 0 Å². The Morgan fingerprint density at radius 3 is 2.52 bits per heavy atom.